The SMILES string of the molecule is CCNC(=NCC(c1cnn(C)c1)N(C)C)N(C)CCOc1ccc(F)cc1.I. The summed E-state index contributed by atoms with van der Waals surface area (Å²) in [6.07, 6.45) is 3.90. The minimum atomic E-state index is -0.268. The molecule has 2 rings (SSSR count). The number of nitrogens with one attached hydrogen (secondary N) is 1. The minimum Gasteiger partial charge on any atom is -0.492 e. The Morgan fingerprint density at radius 3 is 2.52 bits per heavy atom. The highest BCUT2D eigenvalue weighted by Crippen LogP contribution is 2.17. The molecule has 0 aliphatic carbocycles. The van der Waals surface area contributed by atoms with Gasteiger partial charge in [-0.1, -0.05) is 0 Å². The molecule has 1 N–H and O–H groups in total. The van der Waals surface area contributed by atoms with Gasteiger partial charge in [0.25, 0.3) is 0 Å². The van der Waals surface area contributed by atoms with Crippen molar-refractivity contribution in [2.24, 2.45) is 12.0 Å². The number of likely N-dealkylation sites (N-methyl/N-ethyl adjacent to an activating group) is 2. The molecule has 0 bridgehead atoms. The van der Waals surface area contributed by atoms with Crippen molar-refractivity contribution in [2.75, 3.05) is 47.4 Å². The molecular weight excluding hydrogens is 486 g/mol. The highest BCUT2D eigenvalue weighted by Gasteiger charge is 2.16. The predicted molar refractivity (Wildman–Crippen MR) is 126 cm³/mol. The van der Waals surface area contributed by atoms with E-state index in [0.29, 0.717) is 25.4 Å². The van der Waals surface area contributed by atoms with Gasteiger partial charge < -0.3 is 19.9 Å². The second-order valence-corrected chi connectivity index (χ2v) is 6.85. The van der Waals surface area contributed by atoms with Crippen LogP contribution in [0.15, 0.2) is 41.7 Å². The minimum absolute atomic E-state index is 0. The van der Waals surface area contributed by atoms with E-state index in [1.54, 1.807) is 16.8 Å². The van der Waals surface area contributed by atoms with E-state index in [9.17, 15) is 4.39 Å². The summed E-state index contributed by atoms with van der Waals surface area (Å²) in [5, 5.41) is 7.59. The average Bonchev–Trinajstić information content (AvgIpc) is 3.08. The molecular formula is C20H32FIN6O. The first-order valence-corrected chi connectivity index (χ1v) is 9.43. The van der Waals surface area contributed by atoms with Crippen molar-refractivity contribution in [3.8, 4) is 5.75 Å². The van der Waals surface area contributed by atoms with Crippen molar-refractivity contribution >= 4 is 29.9 Å². The van der Waals surface area contributed by atoms with E-state index >= 15 is 0 Å². The Hall–Kier alpha value is -1.88. The van der Waals surface area contributed by atoms with Crippen LogP contribution < -0.4 is 10.1 Å². The van der Waals surface area contributed by atoms with E-state index in [0.717, 1.165) is 18.1 Å². The number of hydrogen-bond acceptors (Lipinski definition) is 4. The molecule has 1 heterocycles. The van der Waals surface area contributed by atoms with Gasteiger partial charge >= 0.3 is 0 Å². The van der Waals surface area contributed by atoms with Gasteiger partial charge in [-0.2, -0.15) is 5.10 Å². The third-order valence-corrected chi connectivity index (χ3v) is 4.35. The molecule has 0 radical (unpaired) electrons. The van der Waals surface area contributed by atoms with Crippen LogP contribution in [-0.4, -0.2) is 72.9 Å². The van der Waals surface area contributed by atoms with Crippen LogP contribution in [0.4, 0.5) is 4.39 Å². The predicted octanol–water partition coefficient (Wildman–Crippen LogP) is 2.76. The molecule has 162 valence electrons. The van der Waals surface area contributed by atoms with Crippen molar-refractivity contribution < 1.29 is 9.13 Å². The van der Waals surface area contributed by atoms with E-state index in [1.807, 2.05) is 52.4 Å². The lowest BCUT2D eigenvalue weighted by atomic mass is 10.1. The van der Waals surface area contributed by atoms with Crippen molar-refractivity contribution in [3.05, 3.63) is 48.0 Å². The first-order valence-electron chi connectivity index (χ1n) is 9.43. The molecule has 0 saturated carbocycles. The summed E-state index contributed by atoms with van der Waals surface area (Å²) in [5.74, 6) is 1.21. The summed E-state index contributed by atoms with van der Waals surface area (Å²) in [5.41, 5.74) is 1.13. The highest BCUT2D eigenvalue weighted by molar-refractivity contribution is 14.0. The molecule has 1 aromatic carbocycles. The number of aryl methyl sites for hydroxylation is 1. The first kappa shape index (κ1) is 25.2. The third kappa shape index (κ3) is 8.17. The van der Waals surface area contributed by atoms with Crippen LogP contribution in [0.3, 0.4) is 0 Å². The Morgan fingerprint density at radius 1 is 1.28 bits per heavy atom. The number of nitrogens with zero attached hydrogens (tertiary/aromatic N) is 5. The standard InChI is InChI=1S/C20H31FN6O.HI/c1-6-22-20(23-14-19(25(2)3)16-13-24-27(5)15-16)26(4)11-12-28-18-9-7-17(21)8-10-18;/h7-10,13,15,19H,6,11-12,14H2,1-5H3,(H,22,23);1H. The number of rotatable bonds is 9. The maximum Gasteiger partial charge on any atom is 0.193 e. The fourth-order valence-corrected chi connectivity index (χ4v) is 2.76. The number of halogens is 2. The van der Waals surface area contributed by atoms with Crippen LogP contribution >= 0.6 is 24.0 Å². The smallest absolute Gasteiger partial charge is 0.193 e. The van der Waals surface area contributed by atoms with E-state index < -0.39 is 0 Å². The van der Waals surface area contributed by atoms with Crippen LogP contribution in [0.5, 0.6) is 5.75 Å². The fraction of sp³-hybridized carbons (Fsp3) is 0.500. The zero-order valence-electron chi connectivity index (χ0n) is 17.8. The zero-order chi connectivity index (χ0) is 20.5. The summed E-state index contributed by atoms with van der Waals surface area (Å²) in [4.78, 5) is 8.98. The number of hydrogen-bond donors (Lipinski definition) is 1. The van der Waals surface area contributed by atoms with Crippen LogP contribution in [0, 0.1) is 5.82 Å². The maximum atomic E-state index is 13.0. The molecule has 1 unspecified atom stereocenters. The van der Waals surface area contributed by atoms with Crippen molar-refractivity contribution in [1.29, 1.82) is 0 Å². The van der Waals surface area contributed by atoms with Gasteiger partial charge in [0.15, 0.2) is 5.96 Å². The average molecular weight is 518 g/mol. The lowest BCUT2D eigenvalue weighted by molar-refractivity contribution is 0.279. The lowest BCUT2D eigenvalue weighted by Crippen LogP contribution is -2.41. The van der Waals surface area contributed by atoms with E-state index in [1.165, 1.54) is 12.1 Å². The molecule has 0 amide bonds. The summed E-state index contributed by atoms with van der Waals surface area (Å²) in [6, 6.07) is 6.19. The molecule has 9 heteroatoms. The van der Waals surface area contributed by atoms with Crippen molar-refractivity contribution in [2.45, 2.75) is 13.0 Å². The summed E-state index contributed by atoms with van der Waals surface area (Å²) < 4.78 is 20.5. The molecule has 0 fully saturated rings. The van der Waals surface area contributed by atoms with Gasteiger partial charge in [-0.25, -0.2) is 4.39 Å². The van der Waals surface area contributed by atoms with Crippen molar-refractivity contribution in [1.82, 2.24) is 24.9 Å². The Kier molecular flexibility index (Phi) is 11.0. The number of aromatic nitrogens is 2. The van der Waals surface area contributed by atoms with Crippen molar-refractivity contribution in [3.63, 3.8) is 0 Å². The second-order valence-electron chi connectivity index (χ2n) is 6.85. The Morgan fingerprint density at radius 2 is 1.97 bits per heavy atom. The van der Waals surface area contributed by atoms with Crippen LogP contribution in [0.1, 0.15) is 18.5 Å². The number of benzene rings is 1. The van der Waals surface area contributed by atoms with Gasteiger partial charge in [0, 0.05) is 32.4 Å². The molecule has 0 spiro atoms. The molecule has 1 aromatic heterocycles. The second kappa shape index (κ2) is 12.6. The normalized spacial score (nSPS) is 12.4. The Labute approximate surface area is 189 Å². The van der Waals surface area contributed by atoms with Crippen LogP contribution in [0.25, 0.3) is 0 Å². The van der Waals surface area contributed by atoms with Gasteiger partial charge in [-0.05, 0) is 45.3 Å². The fourth-order valence-electron chi connectivity index (χ4n) is 2.76. The first-order chi connectivity index (χ1) is 13.4. The molecule has 29 heavy (non-hydrogen) atoms. The zero-order valence-corrected chi connectivity index (χ0v) is 20.1. The van der Waals surface area contributed by atoms with Crippen LogP contribution in [-0.2, 0) is 7.05 Å². The van der Waals surface area contributed by atoms with Gasteiger partial charge in [0.2, 0.25) is 0 Å². The highest BCUT2D eigenvalue weighted by atomic mass is 127. The molecule has 0 aliphatic rings. The van der Waals surface area contributed by atoms with Gasteiger partial charge in [-0.15, -0.1) is 24.0 Å². The van der Waals surface area contributed by atoms with Gasteiger partial charge in [-0.3, -0.25) is 9.67 Å². The third-order valence-electron chi connectivity index (χ3n) is 4.35. The Balaban J connectivity index is 0.00000420. The molecule has 0 aliphatic heterocycles. The van der Waals surface area contributed by atoms with Gasteiger partial charge in [0.05, 0.1) is 25.3 Å². The number of ether oxygens (including phenoxy) is 1. The molecule has 2 aromatic rings. The largest absolute Gasteiger partial charge is 0.492 e. The molecule has 7 nitrogen and oxygen atoms in total. The molecule has 1 atom stereocenters. The Bertz CT molecular complexity index is 750. The molecule has 0 saturated heterocycles. The maximum absolute atomic E-state index is 13.0. The number of aliphatic imine (C=N–C) groups is 1. The van der Waals surface area contributed by atoms with E-state index in [4.69, 9.17) is 9.73 Å². The quantitative estimate of drug-likeness (QED) is 0.315. The van der Waals surface area contributed by atoms with E-state index in [2.05, 4.69) is 15.3 Å². The van der Waals surface area contributed by atoms with E-state index in [-0.39, 0.29) is 35.8 Å². The number of guanidine groups is 1. The summed E-state index contributed by atoms with van der Waals surface area (Å²) in [6.45, 7) is 4.57. The summed E-state index contributed by atoms with van der Waals surface area (Å²) >= 11 is 0. The summed E-state index contributed by atoms with van der Waals surface area (Å²) in [7, 11) is 7.98. The van der Waals surface area contributed by atoms with Gasteiger partial charge in [0.1, 0.15) is 18.2 Å². The topological polar surface area (TPSA) is 57.9 Å². The van der Waals surface area contributed by atoms with Crippen LogP contribution in [0.2, 0.25) is 0 Å². The monoisotopic (exact) mass is 518 g/mol. The lowest BCUT2D eigenvalue weighted by Gasteiger charge is -2.25.